The van der Waals surface area contributed by atoms with E-state index in [0.717, 1.165) is 26.9 Å². The minimum absolute atomic E-state index is 0.0161. The first-order chi connectivity index (χ1) is 13.5. The van der Waals surface area contributed by atoms with Crippen LogP contribution in [0.5, 0.6) is 0 Å². The summed E-state index contributed by atoms with van der Waals surface area (Å²) in [6, 6.07) is 16.2. The molecule has 1 aliphatic carbocycles. The summed E-state index contributed by atoms with van der Waals surface area (Å²) >= 11 is 0. The Kier molecular flexibility index (Phi) is 4.52. The first kappa shape index (κ1) is 17.7. The van der Waals surface area contributed by atoms with E-state index in [4.69, 9.17) is 9.84 Å². The average molecular weight is 378 g/mol. The van der Waals surface area contributed by atoms with Crippen molar-refractivity contribution < 1.29 is 19.4 Å². The molecule has 8 nitrogen and oxygen atoms in total. The van der Waals surface area contributed by atoms with Gasteiger partial charge in [0.25, 0.3) is 0 Å². The number of nitrogens with zero attached hydrogens (tertiary/aromatic N) is 3. The van der Waals surface area contributed by atoms with E-state index in [1.165, 1.54) is 7.05 Å². The van der Waals surface area contributed by atoms with E-state index in [-0.39, 0.29) is 30.7 Å². The highest BCUT2D eigenvalue weighted by molar-refractivity contribution is 5.83. The maximum absolute atomic E-state index is 12.1. The highest BCUT2D eigenvalue weighted by Crippen LogP contribution is 2.44. The minimum atomic E-state index is -1.18. The molecule has 8 heteroatoms. The molecule has 0 aliphatic heterocycles. The summed E-state index contributed by atoms with van der Waals surface area (Å²) in [5.41, 5.74) is 4.58. The van der Waals surface area contributed by atoms with Crippen molar-refractivity contribution in [1.82, 2.24) is 20.1 Å². The SMILES string of the molecule is Cn1nc(CNC(=O)OCC2c3ccccc3-c3ccccc32)nc1C(=O)O. The van der Waals surface area contributed by atoms with Crippen molar-refractivity contribution in [3.63, 3.8) is 0 Å². The molecule has 0 bridgehead atoms. The first-order valence-corrected chi connectivity index (χ1v) is 8.76. The van der Waals surface area contributed by atoms with Crippen LogP contribution < -0.4 is 5.32 Å². The second kappa shape index (κ2) is 7.15. The van der Waals surface area contributed by atoms with Crippen LogP contribution in [-0.4, -0.2) is 38.5 Å². The van der Waals surface area contributed by atoms with Gasteiger partial charge in [0.2, 0.25) is 5.82 Å². The largest absolute Gasteiger partial charge is 0.475 e. The average Bonchev–Trinajstić information content (AvgIpc) is 3.23. The van der Waals surface area contributed by atoms with Gasteiger partial charge in [-0.25, -0.2) is 19.3 Å². The molecule has 1 amide bonds. The molecule has 0 saturated carbocycles. The third-order valence-corrected chi connectivity index (χ3v) is 4.73. The van der Waals surface area contributed by atoms with E-state index in [9.17, 15) is 9.59 Å². The van der Waals surface area contributed by atoms with Crippen LogP contribution in [0.15, 0.2) is 48.5 Å². The number of rotatable bonds is 5. The van der Waals surface area contributed by atoms with Crippen molar-refractivity contribution in [3.05, 3.63) is 71.3 Å². The third kappa shape index (κ3) is 3.20. The van der Waals surface area contributed by atoms with E-state index in [0.29, 0.717) is 0 Å². The highest BCUT2D eigenvalue weighted by Gasteiger charge is 2.29. The number of carbonyl (C=O) groups is 2. The fraction of sp³-hybridized carbons (Fsp3) is 0.200. The Hall–Kier alpha value is -3.68. The number of benzene rings is 2. The summed E-state index contributed by atoms with van der Waals surface area (Å²) in [6.07, 6.45) is -0.605. The molecular formula is C20H18N4O4. The predicted octanol–water partition coefficient (Wildman–Crippen LogP) is 2.55. The van der Waals surface area contributed by atoms with Crippen LogP contribution >= 0.6 is 0 Å². The van der Waals surface area contributed by atoms with Crippen LogP contribution in [-0.2, 0) is 18.3 Å². The predicted molar refractivity (Wildman–Crippen MR) is 99.9 cm³/mol. The smallest absolute Gasteiger partial charge is 0.407 e. The quantitative estimate of drug-likeness (QED) is 0.707. The summed E-state index contributed by atoms with van der Waals surface area (Å²) < 4.78 is 6.57. The molecule has 0 saturated heterocycles. The Balaban J connectivity index is 1.40. The first-order valence-electron chi connectivity index (χ1n) is 8.76. The van der Waals surface area contributed by atoms with Gasteiger partial charge in [0, 0.05) is 13.0 Å². The third-order valence-electron chi connectivity index (χ3n) is 4.73. The van der Waals surface area contributed by atoms with Gasteiger partial charge in [0.15, 0.2) is 5.82 Å². The number of carboxylic acids is 1. The van der Waals surface area contributed by atoms with E-state index in [1.807, 2.05) is 36.4 Å². The number of hydrogen-bond acceptors (Lipinski definition) is 5. The van der Waals surface area contributed by atoms with E-state index < -0.39 is 12.1 Å². The number of carboxylic acid groups (broad SMARTS) is 1. The lowest BCUT2D eigenvalue weighted by Gasteiger charge is -2.14. The van der Waals surface area contributed by atoms with Crippen LogP contribution in [0.3, 0.4) is 0 Å². The molecule has 1 aliphatic rings. The molecular weight excluding hydrogens is 360 g/mol. The standard InChI is InChI=1S/C20H18N4O4/c1-24-18(19(25)26)22-17(23-24)10-21-20(27)28-11-16-14-8-4-2-6-12(14)13-7-3-5-9-15(13)16/h2-9,16H,10-11H2,1H3,(H,21,27)(H,25,26). The highest BCUT2D eigenvalue weighted by atomic mass is 16.5. The Morgan fingerprint density at radius 1 is 1.11 bits per heavy atom. The zero-order valence-corrected chi connectivity index (χ0v) is 15.1. The lowest BCUT2D eigenvalue weighted by molar-refractivity contribution is 0.0678. The summed E-state index contributed by atoms with van der Waals surface area (Å²) in [4.78, 5) is 27.0. The number of hydrogen-bond donors (Lipinski definition) is 2. The van der Waals surface area contributed by atoms with Gasteiger partial charge < -0.3 is 15.2 Å². The maximum atomic E-state index is 12.1. The fourth-order valence-electron chi connectivity index (χ4n) is 3.50. The molecule has 2 N–H and O–H groups in total. The number of aryl methyl sites for hydroxylation is 1. The molecule has 142 valence electrons. The van der Waals surface area contributed by atoms with Crippen LogP contribution in [0.1, 0.15) is 33.5 Å². The monoisotopic (exact) mass is 378 g/mol. The molecule has 1 aromatic heterocycles. The molecule has 0 atom stereocenters. The number of alkyl carbamates (subject to hydrolysis) is 1. The van der Waals surface area contributed by atoms with Gasteiger partial charge in [-0.2, -0.15) is 5.10 Å². The molecule has 0 fully saturated rings. The summed E-state index contributed by atoms with van der Waals surface area (Å²) in [5.74, 6) is -1.19. The number of carbonyl (C=O) groups excluding carboxylic acids is 1. The lowest BCUT2D eigenvalue weighted by atomic mass is 9.98. The van der Waals surface area contributed by atoms with Gasteiger partial charge >= 0.3 is 12.1 Å². The molecule has 0 spiro atoms. The van der Waals surface area contributed by atoms with Crippen molar-refractivity contribution in [2.75, 3.05) is 6.61 Å². The molecule has 0 radical (unpaired) electrons. The van der Waals surface area contributed by atoms with Gasteiger partial charge in [-0.05, 0) is 22.3 Å². The Bertz CT molecular complexity index is 1010. The summed E-state index contributed by atoms with van der Waals surface area (Å²) in [7, 11) is 1.48. The van der Waals surface area contributed by atoms with Crippen molar-refractivity contribution in [3.8, 4) is 11.1 Å². The molecule has 0 unspecified atom stereocenters. The van der Waals surface area contributed by atoms with Gasteiger partial charge in [-0.15, -0.1) is 0 Å². The Morgan fingerprint density at radius 3 is 2.29 bits per heavy atom. The second-order valence-corrected chi connectivity index (χ2v) is 6.46. The zero-order chi connectivity index (χ0) is 19.7. The van der Waals surface area contributed by atoms with Gasteiger partial charge in [0.05, 0.1) is 6.54 Å². The number of fused-ring (bicyclic) bond motifs is 3. The topological polar surface area (TPSA) is 106 Å². The molecule has 1 heterocycles. The number of amides is 1. The summed E-state index contributed by atoms with van der Waals surface area (Å²) in [6.45, 7) is 0.188. The van der Waals surface area contributed by atoms with Crippen LogP contribution in [0.2, 0.25) is 0 Å². The second-order valence-electron chi connectivity index (χ2n) is 6.46. The minimum Gasteiger partial charge on any atom is -0.475 e. The maximum Gasteiger partial charge on any atom is 0.407 e. The Morgan fingerprint density at radius 2 is 1.71 bits per heavy atom. The van der Waals surface area contributed by atoms with Crippen molar-refractivity contribution in [2.24, 2.45) is 7.05 Å². The van der Waals surface area contributed by atoms with Crippen molar-refractivity contribution in [1.29, 1.82) is 0 Å². The Labute approximate surface area is 160 Å². The van der Waals surface area contributed by atoms with Gasteiger partial charge in [0.1, 0.15) is 6.61 Å². The van der Waals surface area contributed by atoms with E-state index >= 15 is 0 Å². The molecule has 2 aromatic carbocycles. The van der Waals surface area contributed by atoms with Gasteiger partial charge in [-0.3, -0.25) is 0 Å². The fourth-order valence-corrected chi connectivity index (χ4v) is 3.50. The summed E-state index contributed by atoms with van der Waals surface area (Å²) in [5, 5.41) is 15.5. The van der Waals surface area contributed by atoms with Crippen molar-refractivity contribution >= 4 is 12.1 Å². The van der Waals surface area contributed by atoms with Crippen LogP contribution in [0.4, 0.5) is 4.79 Å². The number of aromatic carboxylic acids is 1. The van der Waals surface area contributed by atoms with E-state index in [2.05, 4.69) is 27.5 Å². The lowest BCUT2D eigenvalue weighted by Crippen LogP contribution is -2.26. The normalized spacial score (nSPS) is 12.3. The van der Waals surface area contributed by atoms with Crippen molar-refractivity contribution in [2.45, 2.75) is 12.5 Å². The number of nitrogens with one attached hydrogen (secondary N) is 1. The molecule has 28 heavy (non-hydrogen) atoms. The number of ether oxygens (including phenoxy) is 1. The molecule has 3 aromatic rings. The van der Waals surface area contributed by atoms with Crippen LogP contribution in [0, 0.1) is 0 Å². The zero-order valence-electron chi connectivity index (χ0n) is 15.1. The number of aromatic nitrogens is 3. The van der Waals surface area contributed by atoms with E-state index in [1.54, 1.807) is 0 Å². The van der Waals surface area contributed by atoms with Crippen LogP contribution in [0.25, 0.3) is 11.1 Å². The molecule has 4 rings (SSSR count). The van der Waals surface area contributed by atoms with Gasteiger partial charge in [-0.1, -0.05) is 48.5 Å².